The highest BCUT2D eigenvalue weighted by atomic mass is 16.3. The summed E-state index contributed by atoms with van der Waals surface area (Å²) < 4.78 is 0. The van der Waals surface area contributed by atoms with E-state index >= 15 is 0 Å². The Morgan fingerprint density at radius 1 is 1.19 bits per heavy atom. The zero-order chi connectivity index (χ0) is 11.6. The van der Waals surface area contributed by atoms with Crippen molar-refractivity contribution in [3.05, 3.63) is 11.6 Å². The highest BCUT2D eigenvalue weighted by Gasteiger charge is 2.45. The summed E-state index contributed by atoms with van der Waals surface area (Å²) in [5.41, 5.74) is 0.954. The van der Waals surface area contributed by atoms with E-state index in [9.17, 15) is 5.11 Å². The van der Waals surface area contributed by atoms with E-state index in [2.05, 4.69) is 19.9 Å². The third-order valence-electron chi connectivity index (χ3n) is 4.53. The molecule has 1 nitrogen and oxygen atoms in total. The largest absolute Gasteiger partial charge is 0.385 e. The van der Waals surface area contributed by atoms with Gasteiger partial charge in [0.15, 0.2) is 0 Å². The molecule has 0 heterocycles. The van der Waals surface area contributed by atoms with Gasteiger partial charge in [-0.3, -0.25) is 0 Å². The zero-order valence-electron chi connectivity index (χ0n) is 10.8. The summed E-state index contributed by atoms with van der Waals surface area (Å²) in [6.45, 7) is 4.55. The van der Waals surface area contributed by atoms with Crippen LogP contribution in [0.1, 0.15) is 65.2 Å². The first-order chi connectivity index (χ1) is 7.62. The van der Waals surface area contributed by atoms with E-state index in [4.69, 9.17) is 0 Å². The fraction of sp³-hybridized carbons (Fsp3) is 0.867. The van der Waals surface area contributed by atoms with Crippen LogP contribution in [0.25, 0.3) is 0 Å². The maximum atomic E-state index is 10.6. The van der Waals surface area contributed by atoms with E-state index in [1.807, 2.05) is 0 Å². The third-order valence-corrected chi connectivity index (χ3v) is 4.53. The van der Waals surface area contributed by atoms with Gasteiger partial charge in [0.1, 0.15) is 0 Å². The fourth-order valence-corrected chi connectivity index (χ4v) is 3.16. The van der Waals surface area contributed by atoms with Gasteiger partial charge in [0.25, 0.3) is 0 Å². The molecule has 2 aliphatic carbocycles. The normalized spacial score (nSPS) is 36.2. The van der Waals surface area contributed by atoms with Crippen LogP contribution in [-0.4, -0.2) is 10.7 Å². The number of rotatable bonds is 2. The predicted octanol–water partition coefficient (Wildman–Crippen LogP) is 4.06. The van der Waals surface area contributed by atoms with Crippen LogP contribution in [-0.2, 0) is 0 Å². The van der Waals surface area contributed by atoms with Crippen LogP contribution in [0.15, 0.2) is 11.6 Å². The molecular weight excluding hydrogens is 196 g/mol. The van der Waals surface area contributed by atoms with Crippen molar-refractivity contribution >= 4 is 0 Å². The third kappa shape index (κ3) is 2.51. The van der Waals surface area contributed by atoms with Crippen molar-refractivity contribution in [1.82, 2.24) is 0 Å². The molecule has 0 spiro atoms. The fourth-order valence-electron chi connectivity index (χ4n) is 3.16. The Bertz CT molecular complexity index is 259. The van der Waals surface area contributed by atoms with E-state index in [-0.39, 0.29) is 0 Å². The highest BCUT2D eigenvalue weighted by Crippen LogP contribution is 2.48. The van der Waals surface area contributed by atoms with Gasteiger partial charge in [-0.25, -0.2) is 0 Å². The molecule has 1 saturated carbocycles. The minimum Gasteiger partial charge on any atom is -0.385 e. The van der Waals surface area contributed by atoms with Crippen LogP contribution in [0.2, 0.25) is 0 Å². The lowest BCUT2D eigenvalue weighted by atomic mass is 9.62. The monoisotopic (exact) mass is 222 g/mol. The summed E-state index contributed by atoms with van der Waals surface area (Å²) in [4.78, 5) is 0. The first-order valence-electron chi connectivity index (χ1n) is 7.04. The summed E-state index contributed by atoms with van der Waals surface area (Å²) in [5, 5.41) is 10.6. The van der Waals surface area contributed by atoms with Crippen molar-refractivity contribution < 1.29 is 5.11 Å². The van der Waals surface area contributed by atoms with Gasteiger partial charge in [-0.1, -0.05) is 32.8 Å². The van der Waals surface area contributed by atoms with E-state index in [1.54, 1.807) is 0 Å². The van der Waals surface area contributed by atoms with Gasteiger partial charge >= 0.3 is 0 Å². The molecular formula is C15H26O. The summed E-state index contributed by atoms with van der Waals surface area (Å²) in [6.07, 6.45) is 12.0. The van der Waals surface area contributed by atoms with Crippen LogP contribution in [0.4, 0.5) is 0 Å². The lowest BCUT2D eigenvalue weighted by Crippen LogP contribution is -2.47. The molecule has 2 rings (SSSR count). The Morgan fingerprint density at radius 3 is 2.56 bits per heavy atom. The molecule has 16 heavy (non-hydrogen) atoms. The van der Waals surface area contributed by atoms with Crippen LogP contribution >= 0.6 is 0 Å². The maximum absolute atomic E-state index is 10.6. The Balaban J connectivity index is 1.96. The molecule has 0 aromatic rings. The van der Waals surface area contributed by atoms with E-state index in [0.717, 1.165) is 31.1 Å². The minimum atomic E-state index is -0.410. The number of hydrogen-bond donors (Lipinski definition) is 1. The van der Waals surface area contributed by atoms with Crippen LogP contribution in [0.5, 0.6) is 0 Å². The van der Waals surface area contributed by atoms with Gasteiger partial charge in [0.2, 0.25) is 0 Å². The van der Waals surface area contributed by atoms with Crippen molar-refractivity contribution in [3.63, 3.8) is 0 Å². The summed E-state index contributed by atoms with van der Waals surface area (Å²) in [7, 11) is 0. The molecule has 1 N–H and O–H groups in total. The summed E-state index contributed by atoms with van der Waals surface area (Å²) in [6, 6.07) is 0. The standard InChI is InChI=1S/C15H26O/c1-12(2)13-10-15(16,11-13)14-8-6-4-3-5-7-9-14/h8,12-13,16H,3-7,9-11H2,1-2H3. The molecule has 0 bridgehead atoms. The summed E-state index contributed by atoms with van der Waals surface area (Å²) >= 11 is 0. The zero-order valence-corrected chi connectivity index (χ0v) is 10.8. The topological polar surface area (TPSA) is 20.2 Å². The Labute approximate surface area is 99.9 Å². The highest BCUT2D eigenvalue weighted by molar-refractivity contribution is 5.22. The van der Waals surface area contributed by atoms with Gasteiger partial charge in [0, 0.05) is 0 Å². The van der Waals surface area contributed by atoms with Crippen LogP contribution in [0, 0.1) is 11.8 Å². The molecule has 0 saturated heterocycles. The maximum Gasteiger partial charge on any atom is 0.0862 e. The van der Waals surface area contributed by atoms with Crippen molar-refractivity contribution in [2.45, 2.75) is 70.8 Å². The van der Waals surface area contributed by atoms with Gasteiger partial charge in [-0.15, -0.1) is 0 Å². The Morgan fingerprint density at radius 2 is 1.88 bits per heavy atom. The molecule has 1 fully saturated rings. The first kappa shape index (κ1) is 12.2. The van der Waals surface area contributed by atoms with Gasteiger partial charge in [-0.05, 0) is 55.9 Å². The van der Waals surface area contributed by atoms with Crippen LogP contribution < -0.4 is 0 Å². The molecule has 0 unspecified atom stereocenters. The second-order valence-electron chi connectivity index (χ2n) is 6.13. The van der Waals surface area contributed by atoms with Gasteiger partial charge < -0.3 is 5.11 Å². The second kappa shape index (κ2) is 4.91. The number of hydrogen-bond acceptors (Lipinski definition) is 1. The Hall–Kier alpha value is -0.300. The predicted molar refractivity (Wildman–Crippen MR) is 68.3 cm³/mol. The average molecular weight is 222 g/mol. The smallest absolute Gasteiger partial charge is 0.0862 e. The van der Waals surface area contributed by atoms with Crippen molar-refractivity contribution in [1.29, 1.82) is 0 Å². The molecule has 92 valence electrons. The molecule has 0 aliphatic heterocycles. The van der Waals surface area contributed by atoms with E-state index in [1.165, 1.54) is 37.7 Å². The lowest BCUT2D eigenvalue weighted by molar-refractivity contribution is -0.0591. The lowest BCUT2D eigenvalue weighted by Gasteiger charge is -2.47. The van der Waals surface area contributed by atoms with Crippen LogP contribution in [0.3, 0.4) is 0 Å². The molecule has 2 aliphatic rings. The Kier molecular flexibility index (Phi) is 3.73. The second-order valence-corrected chi connectivity index (χ2v) is 6.13. The van der Waals surface area contributed by atoms with E-state index in [0.29, 0.717) is 0 Å². The van der Waals surface area contributed by atoms with E-state index < -0.39 is 5.60 Å². The van der Waals surface area contributed by atoms with Crippen molar-refractivity contribution in [2.75, 3.05) is 0 Å². The quantitative estimate of drug-likeness (QED) is 0.698. The summed E-state index contributed by atoms with van der Waals surface area (Å²) in [5.74, 6) is 1.48. The van der Waals surface area contributed by atoms with Gasteiger partial charge in [-0.2, -0.15) is 0 Å². The molecule has 0 radical (unpaired) electrons. The van der Waals surface area contributed by atoms with Gasteiger partial charge in [0.05, 0.1) is 5.60 Å². The first-order valence-corrected chi connectivity index (χ1v) is 7.04. The molecule has 1 heteroatoms. The molecule has 0 atom stereocenters. The molecule has 0 amide bonds. The molecule has 0 aromatic heterocycles. The van der Waals surface area contributed by atoms with Crippen molar-refractivity contribution in [3.8, 4) is 0 Å². The van der Waals surface area contributed by atoms with Crippen molar-refractivity contribution in [2.24, 2.45) is 11.8 Å². The minimum absolute atomic E-state index is 0.410. The number of allylic oxidation sites excluding steroid dienone is 1. The number of aliphatic hydroxyl groups is 1. The molecule has 0 aromatic carbocycles. The SMILES string of the molecule is CC(C)C1CC(O)(C2=CCCCCCC2)C1. The average Bonchev–Trinajstić information content (AvgIpc) is 2.12.